The maximum atomic E-state index is 12.2. The van der Waals surface area contributed by atoms with E-state index in [0.29, 0.717) is 6.42 Å². The first kappa shape index (κ1) is 10.4. The van der Waals surface area contributed by atoms with Gasteiger partial charge in [0.15, 0.2) is 12.4 Å². The van der Waals surface area contributed by atoms with E-state index in [0.717, 1.165) is 0 Å². The lowest BCUT2D eigenvalue weighted by Crippen LogP contribution is -2.27. The first-order valence-electron chi connectivity index (χ1n) is 4.08. The number of rotatable bonds is 3. The summed E-state index contributed by atoms with van der Waals surface area (Å²) in [4.78, 5) is 10.6. The van der Waals surface area contributed by atoms with Crippen LogP contribution in [-0.2, 0) is 19.0 Å². The van der Waals surface area contributed by atoms with Gasteiger partial charge in [0.2, 0.25) is 0 Å². The van der Waals surface area contributed by atoms with Crippen molar-refractivity contribution in [3.8, 4) is 0 Å². The highest BCUT2D eigenvalue weighted by Gasteiger charge is 2.37. The van der Waals surface area contributed by atoms with Crippen molar-refractivity contribution in [2.24, 2.45) is 0 Å². The summed E-state index contributed by atoms with van der Waals surface area (Å²) in [5.41, 5.74) is 0. The third-order valence-corrected chi connectivity index (χ3v) is 1.85. The van der Waals surface area contributed by atoms with Gasteiger partial charge in [0.05, 0.1) is 6.10 Å². The first-order chi connectivity index (χ1) is 6.17. The number of esters is 1. The number of halogens is 1. The van der Waals surface area contributed by atoms with E-state index in [1.54, 1.807) is 0 Å². The molecule has 1 heterocycles. The predicted octanol–water partition coefficient (Wildman–Crippen LogP) is 0.649. The molecule has 0 aromatic rings. The minimum Gasteiger partial charge on any atom is -0.457 e. The highest BCUT2D eigenvalue weighted by Crippen LogP contribution is 2.24. The number of carbonyl (C=O) groups excluding carboxylic acids is 1. The van der Waals surface area contributed by atoms with Crippen LogP contribution in [0.3, 0.4) is 0 Å². The van der Waals surface area contributed by atoms with Gasteiger partial charge in [0, 0.05) is 20.5 Å². The molecule has 76 valence electrons. The summed E-state index contributed by atoms with van der Waals surface area (Å²) in [7, 11) is 1.43. The van der Waals surface area contributed by atoms with Crippen LogP contribution in [0, 0.1) is 0 Å². The molecule has 4 nitrogen and oxygen atoms in total. The topological polar surface area (TPSA) is 44.8 Å². The van der Waals surface area contributed by atoms with Crippen LogP contribution in [0.2, 0.25) is 0 Å². The molecule has 0 aromatic heterocycles. The Labute approximate surface area is 76.0 Å². The van der Waals surface area contributed by atoms with Gasteiger partial charge in [0.25, 0.3) is 0 Å². The third kappa shape index (κ3) is 2.63. The van der Waals surface area contributed by atoms with Gasteiger partial charge in [-0.2, -0.15) is 0 Å². The lowest BCUT2D eigenvalue weighted by Gasteiger charge is -2.15. The molecule has 0 aliphatic carbocycles. The van der Waals surface area contributed by atoms with Crippen LogP contribution in [0.25, 0.3) is 0 Å². The van der Waals surface area contributed by atoms with Crippen LogP contribution < -0.4 is 0 Å². The quantitative estimate of drug-likeness (QED) is 0.616. The van der Waals surface area contributed by atoms with Gasteiger partial charge in [-0.25, -0.2) is 4.39 Å². The van der Waals surface area contributed by atoms with E-state index in [2.05, 4.69) is 0 Å². The zero-order valence-corrected chi connectivity index (χ0v) is 7.66. The van der Waals surface area contributed by atoms with Crippen LogP contribution in [-0.4, -0.2) is 38.3 Å². The lowest BCUT2D eigenvalue weighted by atomic mass is 10.2. The smallest absolute Gasteiger partial charge is 0.303 e. The van der Waals surface area contributed by atoms with Crippen molar-refractivity contribution in [3.05, 3.63) is 0 Å². The van der Waals surface area contributed by atoms with Crippen molar-refractivity contribution < 1.29 is 23.4 Å². The van der Waals surface area contributed by atoms with Crippen molar-refractivity contribution in [2.75, 3.05) is 13.8 Å². The van der Waals surface area contributed by atoms with E-state index < -0.39 is 31.1 Å². The Morgan fingerprint density at radius 1 is 1.69 bits per heavy atom. The van der Waals surface area contributed by atoms with Crippen molar-refractivity contribution >= 4 is 5.97 Å². The highest BCUT2D eigenvalue weighted by molar-refractivity contribution is 5.66. The molecular weight excluding hydrogens is 179 g/mol. The second-order valence-corrected chi connectivity index (χ2v) is 2.90. The van der Waals surface area contributed by atoms with Gasteiger partial charge >= 0.3 is 5.97 Å². The number of ether oxygens (including phenoxy) is 3. The normalized spacial score (nSPS) is 33.3. The predicted molar refractivity (Wildman–Crippen MR) is 41.8 cm³/mol. The summed E-state index contributed by atoms with van der Waals surface area (Å²) < 4.78 is 27.1. The molecule has 0 bridgehead atoms. The molecule has 0 amide bonds. The fraction of sp³-hybridized carbons (Fsp3) is 0.875. The Bertz CT molecular complexity index is 185. The second-order valence-electron chi connectivity index (χ2n) is 2.90. The first-order valence-corrected chi connectivity index (χ1v) is 4.08. The zero-order valence-electron chi connectivity index (χ0n) is 7.66. The van der Waals surface area contributed by atoms with Crippen molar-refractivity contribution in [3.63, 3.8) is 0 Å². The van der Waals surface area contributed by atoms with Crippen LogP contribution in [0.1, 0.15) is 13.3 Å². The third-order valence-electron chi connectivity index (χ3n) is 1.85. The second kappa shape index (κ2) is 4.53. The minimum atomic E-state index is -0.635. The van der Waals surface area contributed by atoms with Crippen molar-refractivity contribution in [2.45, 2.75) is 31.8 Å². The molecular formula is C8H13FO4. The summed E-state index contributed by atoms with van der Waals surface area (Å²) in [6, 6.07) is 0. The van der Waals surface area contributed by atoms with Crippen LogP contribution in [0.4, 0.5) is 4.39 Å². The van der Waals surface area contributed by atoms with Crippen LogP contribution in [0.5, 0.6) is 0 Å². The molecule has 0 spiro atoms. The summed E-state index contributed by atoms with van der Waals surface area (Å²) in [5.74, 6) is -0.407. The van der Waals surface area contributed by atoms with Gasteiger partial charge in [0.1, 0.15) is 6.67 Å². The van der Waals surface area contributed by atoms with E-state index in [1.807, 2.05) is 0 Å². The molecule has 1 fully saturated rings. The zero-order chi connectivity index (χ0) is 9.84. The van der Waals surface area contributed by atoms with E-state index in [1.165, 1.54) is 14.0 Å². The number of hydrogen-bond donors (Lipinski definition) is 0. The SMILES string of the molecule is CO[C@H]1O[C@H](CF)C[C@H]1OC(C)=O. The van der Waals surface area contributed by atoms with Gasteiger partial charge in [-0.15, -0.1) is 0 Å². The van der Waals surface area contributed by atoms with Gasteiger partial charge in [-0.1, -0.05) is 0 Å². The molecule has 1 rings (SSSR count). The number of alkyl halides is 1. The highest BCUT2D eigenvalue weighted by atomic mass is 19.1. The van der Waals surface area contributed by atoms with Crippen molar-refractivity contribution in [1.82, 2.24) is 0 Å². The molecule has 1 saturated heterocycles. The van der Waals surface area contributed by atoms with Crippen molar-refractivity contribution in [1.29, 1.82) is 0 Å². The number of carbonyl (C=O) groups is 1. The van der Waals surface area contributed by atoms with Crippen LogP contribution in [0.15, 0.2) is 0 Å². The Morgan fingerprint density at radius 2 is 2.38 bits per heavy atom. The molecule has 0 aromatic carbocycles. The van der Waals surface area contributed by atoms with E-state index in [-0.39, 0.29) is 0 Å². The van der Waals surface area contributed by atoms with E-state index in [4.69, 9.17) is 14.2 Å². The molecule has 0 radical (unpaired) electrons. The number of methoxy groups -OCH3 is 1. The maximum Gasteiger partial charge on any atom is 0.303 e. The summed E-state index contributed by atoms with van der Waals surface area (Å²) in [6.07, 6.45) is -1.28. The number of hydrogen-bond acceptors (Lipinski definition) is 4. The van der Waals surface area contributed by atoms with E-state index >= 15 is 0 Å². The summed E-state index contributed by atoms with van der Waals surface area (Å²) >= 11 is 0. The molecule has 0 unspecified atom stereocenters. The monoisotopic (exact) mass is 192 g/mol. The standard InChI is InChI=1S/C8H13FO4/c1-5(10)12-7-3-6(4-9)13-8(7)11-2/h6-8H,3-4H2,1-2H3/t6-,7+,8-/m0/s1. The molecule has 1 aliphatic heterocycles. The molecule has 0 N–H and O–H groups in total. The molecule has 3 atom stereocenters. The van der Waals surface area contributed by atoms with Crippen LogP contribution >= 0.6 is 0 Å². The Kier molecular flexibility index (Phi) is 3.62. The fourth-order valence-corrected chi connectivity index (χ4v) is 1.33. The van der Waals surface area contributed by atoms with Gasteiger partial charge in [-0.3, -0.25) is 4.79 Å². The molecule has 0 saturated carbocycles. The lowest BCUT2D eigenvalue weighted by molar-refractivity contribution is -0.176. The maximum absolute atomic E-state index is 12.2. The average Bonchev–Trinajstić information content (AvgIpc) is 2.46. The molecule has 5 heteroatoms. The van der Waals surface area contributed by atoms with Gasteiger partial charge in [-0.05, 0) is 0 Å². The average molecular weight is 192 g/mol. The Morgan fingerprint density at radius 3 is 2.85 bits per heavy atom. The molecule has 1 aliphatic rings. The Balaban J connectivity index is 2.47. The largest absolute Gasteiger partial charge is 0.457 e. The summed E-state index contributed by atoms with van der Waals surface area (Å²) in [6.45, 7) is 0.715. The van der Waals surface area contributed by atoms with Gasteiger partial charge < -0.3 is 14.2 Å². The minimum absolute atomic E-state index is 0.356. The summed E-state index contributed by atoms with van der Waals surface area (Å²) in [5, 5.41) is 0. The molecule has 13 heavy (non-hydrogen) atoms. The van der Waals surface area contributed by atoms with E-state index in [9.17, 15) is 9.18 Å². The Hall–Kier alpha value is -0.680. The fourth-order valence-electron chi connectivity index (χ4n) is 1.33.